The predicted octanol–water partition coefficient (Wildman–Crippen LogP) is 2.70. The van der Waals surface area contributed by atoms with Crippen LogP contribution >= 0.6 is 0 Å². The van der Waals surface area contributed by atoms with Gasteiger partial charge in [0.15, 0.2) is 0 Å². The number of nitrogens with one attached hydrogen (secondary N) is 1. The molecule has 0 aromatic rings. The number of amides is 1. The Morgan fingerprint density at radius 3 is 2.05 bits per heavy atom. The largest absolute Gasteiger partial charge is 0.376 e. The Hall–Kier alpha value is -0.900. The molecule has 0 aliphatic heterocycles. The molecule has 1 N–H and O–H groups in total. The minimum atomic E-state index is -0.328. The van der Waals surface area contributed by atoms with E-state index in [1.807, 2.05) is 41.5 Å². The third kappa shape index (κ3) is 10.7. The van der Waals surface area contributed by atoms with Crippen LogP contribution in [0.3, 0.4) is 0 Å². The van der Waals surface area contributed by atoms with Crippen molar-refractivity contribution in [3.63, 3.8) is 0 Å². The molecule has 0 radical (unpaired) electrons. The second kappa shape index (κ2) is 7.63. The van der Waals surface area contributed by atoms with Gasteiger partial charge in [0.25, 0.3) is 0 Å². The molecule has 112 valence electrons. The molecule has 0 aromatic heterocycles. The van der Waals surface area contributed by atoms with E-state index in [0.29, 0.717) is 32.4 Å². The van der Waals surface area contributed by atoms with Gasteiger partial charge >= 0.3 is 0 Å². The lowest BCUT2D eigenvalue weighted by Crippen LogP contribution is -2.29. The van der Waals surface area contributed by atoms with E-state index in [0.717, 1.165) is 0 Å². The maximum atomic E-state index is 11.6. The highest BCUT2D eigenvalue weighted by Gasteiger charge is 2.20. The molecule has 0 heterocycles. The summed E-state index contributed by atoms with van der Waals surface area (Å²) in [7, 11) is 0. The van der Waals surface area contributed by atoms with Gasteiger partial charge < -0.3 is 10.1 Å². The molecule has 0 bridgehead atoms. The third-order valence-electron chi connectivity index (χ3n) is 2.59. The van der Waals surface area contributed by atoms with E-state index >= 15 is 0 Å². The minimum absolute atomic E-state index is 0.0146. The van der Waals surface area contributed by atoms with E-state index in [9.17, 15) is 9.59 Å². The van der Waals surface area contributed by atoms with Gasteiger partial charge in [-0.2, -0.15) is 0 Å². The van der Waals surface area contributed by atoms with Gasteiger partial charge in [-0.1, -0.05) is 20.8 Å². The molecule has 0 rings (SSSR count). The first-order chi connectivity index (χ1) is 8.52. The molecule has 0 atom stereocenters. The highest BCUT2D eigenvalue weighted by molar-refractivity contribution is 5.84. The topological polar surface area (TPSA) is 55.4 Å². The van der Waals surface area contributed by atoms with Crippen LogP contribution in [0.15, 0.2) is 0 Å². The van der Waals surface area contributed by atoms with E-state index in [4.69, 9.17) is 4.74 Å². The Morgan fingerprint density at radius 1 is 1.00 bits per heavy atom. The van der Waals surface area contributed by atoms with Crippen molar-refractivity contribution < 1.29 is 14.3 Å². The molecule has 0 saturated carbocycles. The quantitative estimate of drug-likeness (QED) is 0.724. The monoisotopic (exact) mass is 271 g/mol. The molecule has 0 saturated heterocycles. The van der Waals surface area contributed by atoms with Crippen molar-refractivity contribution in [2.75, 3.05) is 13.2 Å². The van der Waals surface area contributed by atoms with Crippen LogP contribution in [0.2, 0.25) is 0 Å². The van der Waals surface area contributed by atoms with E-state index in [2.05, 4.69) is 5.32 Å². The second-order valence-electron chi connectivity index (χ2n) is 6.84. The van der Waals surface area contributed by atoms with Crippen molar-refractivity contribution >= 4 is 11.7 Å². The maximum absolute atomic E-state index is 11.6. The highest BCUT2D eigenvalue weighted by atomic mass is 16.5. The van der Waals surface area contributed by atoms with Crippen LogP contribution in [-0.4, -0.2) is 30.4 Å². The molecule has 4 nitrogen and oxygen atoms in total. The molecule has 0 aliphatic rings. The van der Waals surface area contributed by atoms with Crippen LogP contribution in [0, 0.1) is 5.41 Å². The predicted molar refractivity (Wildman–Crippen MR) is 77.0 cm³/mol. The summed E-state index contributed by atoms with van der Waals surface area (Å²) in [6.45, 7) is 12.7. The Morgan fingerprint density at radius 2 is 1.58 bits per heavy atom. The van der Waals surface area contributed by atoms with Crippen molar-refractivity contribution in [3.05, 3.63) is 0 Å². The number of hydrogen-bond donors (Lipinski definition) is 1. The summed E-state index contributed by atoms with van der Waals surface area (Å²) < 4.78 is 5.53. The summed E-state index contributed by atoms with van der Waals surface area (Å²) in [5.74, 6) is 0.156. The third-order valence-corrected chi connectivity index (χ3v) is 2.59. The van der Waals surface area contributed by atoms with Gasteiger partial charge in [0.1, 0.15) is 5.78 Å². The zero-order chi connectivity index (χ0) is 15.1. The van der Waals surface area contributed by atoms with E-state index in [1.54, 1.807) is 0 Å². The first-order valence-corrected chi connectivity index (χ1v) is 6.96. The van der Waals surface area contributed by atoms with Crippen molar-refractivity contribution in [3.8, 4) is 0 Å². The van der Waals surface area contributed by atoms with Crippen LogP contribution < -0.4 is 5.32 Å². The SMILES string of the molecule is CC(C)(C)OCCCC(=O)NCCC(=O)C(C)(C)C. The number of rotatable bonds is 7. The van der Waals surface area contributed by atoms with Crippen LogP contribution in [0.25, 0.3) is 0 Å². The first kappa shape index (κ1) is 18.1. The molecule has 0 aliphatic carbocycles. The lowest BCUT2D eigenvalue weighted by atomic mass is 9.89. The van der Waals surface area contributed by atoms with Crippen LogP contribution in [0.1, 0.15) is 60.8 Å². The summed E-state index contributed by atoms with van der Waals surface area (Å²) in [4.78, 5) is 23.2. The minimum Gasteiger partial charge on any atom is -0.376 e. The molecule has 0 unspecified atom stereocenters. The fourth-order valence-corrected chi connectivity index (χ4v) is 1.39. The maximum Gasteiger partial charge on any atom is 0.220 e. The average molecular weight is 271 g/mol. The van der Waals surface area contributed by atoms with Crippen molar-refractivity contribution in [1.82, 2.24) is 5.32 Å². The molecule has 0 fully saturated rings. The normalized spacial score (nSPS) is 12.3. The summed E-state index contributed by atoms with van der Waals surface area (Å²) in [5, 5.41) is 2.77. The van der Waals surface area contributed by atoms with E-state index in [-0.39, 0.29) is 22.7 Å². The van der Waals surface area contributed by atoms with Gasteiger partial charge in [0.05, 0.1) is 5.60 Å². The smallest absolute Gasteiger partial charge is 0.220 e. The Labute approximate surface area is 117 Å². The lowest BCUT2D eigenvalue weighted by Gasteiger charge is -2.19. The molecule has 19 heavy (non-hydrogen) atoms. The number of hydrogen-bond acceptors (Lipinski definition) is 3. The fourth-order valence-electron chi connectivity index (χ4n) is 1.39. The Balaban J connectivity index is 3.64. The van der Waals surface area contributed by atoms with E-state index in [1.165, 1.54) is 0 Å². The van der Waals surface area contributed by atoms with Crippen LogP contribution in [0.5, 0.6) is 0 Å². The molecule has 4 heteroatoms. The summed E-state index contributed by atoms with van der Waals surface area (Å²) in [6.07, 6.45) is 1.55. The Bertz CT molecular complexity index is 297. The zero-order valence-corrected chi connectivity index (χ0v) is 13.3. The summed E-state index contributed by atoms with van der Waals surface area (Å²) >= 11 is 0. The Kier molecular flexibility index (Phi) is 7.27. The highest BCUT2D eigenvalue weighted by Crippen LogP contribution is 2.15. The van der Waals surface area contributed by atoms with Crippen LogP contribution in [-0.2, 0) is 14.3 Å². The fraction of sp³-hybridized carbons (Fsp3) is 0.867. The van der Waals surface area contributed by atoms with Gasteiger partial charge in [0.2, 0.25) is 5.91 Å². The van der Waals surface area contributed by atoms with Gasteiger partial charge in [-0.05, 0) is 27.2 Å². The molecule has 0 spiro atoms. The van der Waals surface area contributed by atoms with Crippen molar-refractivity contribution in [1.29, 1.82) is 0 Å². The summed E-state index contributed by atoms with van der Waals surface area (Å²) in [6, 6.07) is 0. The first-order valence-electron chi connectivity index (χ1n) is 6.96. The molecule has 1 amide bonds. The number of ether oxygens (including phenoxy) is 1. The number of ketones is 1. The number of carbonyl (C=O) groups excluding carboxylic acids is 2. The van der Waals surface area contributed by atoms with Crippen LogP contribution in [0.4, 0.5) is 0 Å². The van der Waals surface area contributed by atoms with Gasteiger partial charge in [-0.15, -0.1) is 0 Å². The second-order valence-corrected chi connectivity index (χ2v) is 6.84. The molecular weight excluding hydrogens is 242 g/mol. The van der Waals surface area contributed by atoms with Gasteiger partial charge in [-0.25, -0.2) is 0 Å². The molecule has 0 aromatic carbocycles. The standard InChI is InChI=1S/C15H29NO3/c1-14(2,3)12(17)9-10-16-13(18)8-7-11-19-15(4,5)6/h7-11H2,1-6H3,(H,16,18). The summed E-state index contributed by atoms with van der Waals surface area (Å²) in [5.41, 5.74) is -0.485. The zero-order valence-electron chi connectivity index (χ0n) is 13.3. The van der Waals surface area contributed by atoms with E-state index < -0.39 is 0 Å². The number of Topliss-reactive ketones (excluding diaryl/α,β-unsaturated/α-hetero) is 1. The molecular formula is C15H29NO3. The van der Waals surface area contributed by atoms with Gasteiger partial charge in [-0.3, -0.25) is 9.59 Å². The number of carbonyl (C=O) groups is 2. The van der Waals surface area contributed by atoms with Crippen molar-refractivity contribution in [2.45, 2.75) is 66.4 Å². The lowest BCUT2D eigenvalue weighted by molar-refractivity contribution is -0.126. The van der Waals surface area contributed by atoms with Crippen molar-refractivity contribution in [2.24, 2.45) is 5.41 Å². The van der Waals surface area contributed by atoms with Gasteiger partial charge in [0, 0.05) is 31.4 Å². The average Bonchev–Trinajstić information content (AvgIpc) is 2.21.